The Bertz CT molecular complexity index is 1120. The quantitative estimate of drug-likeness (QED) is 0.685. The number of fused-ring (bicyclic) bond motifs is 1. The lowest BCUT2D eigenvalue weighted by Gasteiger charge is -2.29. The van der Waals surface area contributed by atoms with Crippen molar-refractivity contribution in [2.75, 3.05) is 38.2 Å². The molecule has 6 nitrogen and oxygen atoms in total. The maximum atomic E-state index is 13.7. The van der Waals surface area contributed by atoms with Crippen LogP contribution in [0.15, 0.2) is 53.6 Å². The monoisotopic (exact) mass is 421 g/mol. The third kappa shape index (κ3) is 3.56. The normalized spacial score (nSPS) is 15.2. The zero-order chi connectivity index (χ0) is 20.6. The number of nitrogens with zero attached hydrogens (tertiary/aromatic N) is 2. The Hall–Kier alpha value is -2.65. The molecule has 1 N–H and O–H groups in total. The summed E-state index contributed by atoms with van der Waals surface area (Å²) in [5.41, 5.74) is 0.740. The number of rotatable bonds is 5. The molecule has 2 heterocycles. The smallest absolute Gasteiger partial charge is 0.268 e. The maximum absolute atomic E-state index is 13.7. The van der Waals surface area contributed by atoms with Crippen LogP contribution in [0.25, 0.3) is 10.9 Å². The highest BCUT2D eigenvalue weighted by atomic mass is 32.2. The van der Waals surface area contributed by atoms with Crippen LogP contribution in [-0.4, -0.2) is 45.7 Å². The highest BCUT2D eigenvalue weighted by Gasteiger charge is 2.25. The average Bonchev–Trinajstić information content (AvgIpc) is 3.14. The number of hydrogen-bond donors (Lipinski definition) is 1. The second-order valence-corrected chi connectivity index (χ2v) is 8.61. The third-order valence-corrected chi connectivity index (χ3v) is 6.81. The lowest BCUT2D eigenvalue weighted by molar-refractivity contribution is 0.153. The first-order valence-electron chi connectivity index (χ1n) is 9.20. The first-order valence-corrected chi connectivity index (χ1v) is 10.6. The van der Waals surface area contributed by atoms with Crippen molar-refractivity contribution in [3.8, 4) is 5.75 Å². The molecule has 29 heavy (non-hydrogen) atoms. The number of alkyl halides is 2. The molecule has 154 valence electrons. The molecule has 3 aromatic rings. The van der Waals surface area contributed by atoms with E-state index >= 15 is 0 Å². The fourth-order valence-corrected chi connectivity index (χ4v) is 4.94. The Morgan fingerprint density at radius 3 is 2.38 bits per heavy atom. The number of aromatic nitrogens is 1. The summed E-state index contributed by atoms with van der Waals surface area (Å²) in [6.45, 7) is 3.15. The summed E-state index contributed by atoms with van der Waals surface area (Å²) in [6, 6.07) is 10.9. The summed E-state index contributed by atoms with van der Waals surface area (Å²) < 4.78 is 59.7. The van der Waals surface area contributed by atoms with Gasteiger partial charge in [-0.15, -0.1) is 0 Å². The van der Waals surface area contributed by atoms with Crippen molar-refractivity contribution in [2.24, 2.45) is 0 Å². The molecule has 0 bridgehead atoms. The fraction of sp³-hybridized carbons (Fsp3) is 0.300. The second kappa shape index (κ2) is 7.64. The molecule has 0 radical (unpaired) electrons. The van der Waals surface area contributed by atoms with Gasteiger partial charge >= 0.3 is 0 Å². The zero-order valence-electron chi connectivity index (χ0n) is 15.8. The molecule has 4 rings (SSSR count). The number of methoxy groups -OCH3 is 1. The first-order chi connectivity index (χ1) is 13.9. The topological polar surface area (TPSA) is 63.6 Å². The van der Waals surface area contributed by atoms with E-state index in [1.54, 1.807) is 18.2 Å². The van der Waals surface area contributed by atoms with Gasteiger partial charge in [0.25, 0.3) is 16.4 Å². The van der Waals surface area contributed by atoms with E-state index in [2.05, 4.69) is 10.2 Å². The minimum absolute atomic E-state index is 0.00203. The second-order valence-electron chi connectivity index (χ2n) is 6.80. The molecule has 1 saturated heterocycles. The minimum Gasteiger partial charge on any atom is -0.497 e. The first kappa shape index (κ1) is 19.7. The summed E-state index contributed by atoms with van der Waals surface area (Å²) >= 11 is 0. The predicted octanol–water partition coefficient (Wildman–Crippen LogP) is 3.23. The van der Waals surface area contributed by atoms with Gasteiger partial charge in [0, 0.05) is 49.0 Å². The van der Waals surface area contributed by atoms with Gasteiger partial charge in [-0.25, -0.2) is 21.2 Å². The number of hydrogen-bond acceptors (Lipinski definition) is 5. The highest BCUT2D eigenvalue weighted by molar-refractivity contribution is 7.90. The lowest BCUT2D eigenvalue weighted by atomic mass is 10.1. The SMILES string of the molecule is COc1ccc(S(=O)(=O)n2cc(C(F)F)c3cc(N4CCNCC4)ccc32)cc1. The molecule has 1 aliphatic rings. The Balaban J connectivity index is 1.83. The van der Waals surface area contributed by atoms with E-state index in [1.165, 1.54) is 31.4 Å². The number of ether oxygens (including phenoxy) is 1. The van der Waals surface area contributed by atoms with Crippen molar-refractivity contribution in [3.05, 3.63) is 54.2 Å². The summed E-state index contributed by atoms with van der Waals surface area (Å²) in [5.74, 6) is 0.509. The third-order valence-electron chi connectivity index (χ3n) is 5.12. The van der Waals surface area contributed by atoms with Gasteiger partial charge in [-0.3, -0.25) is 0 Å². The van der Waals surface area contributed by atoms with Gasteiger partial charge in [-0.2, -0.15) is 0 Å². The molecule has 0 spiro atoms. The molecule has 0 atom stereocenters. The summed E-state index contributed by atoms with van der Waals surface area (Å²) in [4.78, 5) is 2.10. The van der Waals surface area contributed by atoms with E-state index in [0.717, 1.165) is 42.0 Å². The van der Waals surface area contributed by atoms with Crippen molar-refractivity contribution in [3.63, 3.8) is 0 Å². The zero-order valence-corrected chi connectivity index (χ0v) is 16.6. The molecule has 1 aliphatic heterocycles. The number of piperazine rings is 1. The van der Waals surface area contributed by atoms with E-state index in [4.69, 9.17) is 4.74 Å². The molecule has 0 saturated carbocycles. The molecule has 0 unspecified atom stereocenters. The van der Waals surface area contributed by atoms with Crippen LogP contribution in [0, 0.1) is 0 Å². The Labute approximate surface area is 167 Å². The molecule has 0 aliphatic carbocycles. The molecule has 9 heteroatoms. The van der Waals surface area contributed by atoms with Crippen molar-refractivity contribution in [1.29, 1.82) is 0 Å². The molecular formula is C20H21F2N3O3S. The van der Waals surface area contributed by atoms with Crippen LogP contribution >= 0.6 is 0 Å². The van der Waals surface area contributed by atoms with Crippen molar-refractivity contribution >= 4 is 26.6 Å². The van der Waals surface area contributed by atoms with Gasteiger partial charge in [0.2, 0.25) is 0 Å². The van der Waals surface area contributed by atoms with Gasteiger partial charge < -0.3 is 15.0 Å². The van der Waals surface area contributed by atoms with Crippen LogP contribution < -0.4 is 15.0 Å². The van der Waals surface area contributed by atoms with Gasteiger partial charge in [0.15, 0.2) is 0 Å². The summed E-state index contributed by atoms with van der Waals surface area (Å²) in [5, 5.41) is 3.49. The number of benzene rings is 2. The van der Waals surface area contributed by atoms with Crippen molar-refractivity contribution in [2.45, 2.75) is 11.3 Å². The van der Waals surface area contributed by atoms with Crippen molar-refractivity contribution < 1.29 is 21.9 Å². The Morgan fingerprint density at radius 2 is 1.76 bits per heavy atom. The van der Waals surface area contributed by atoms with Crippen LogP contribution in [-0.2, 0) is 10.0 Å². The summed E-state index contributed by atoms with van der Waals surface area (Å²) in [6.07, 6.45) is -1.76. The van der Waals surface area contributed by atoms with Gasteiger partial charge in [0.1, 0.15) is 5.75 Å². The molecule has 2 aromatic carbocycles. The van der Waals surface area contributed by atoms with Gasteiger partial charge in [-0.1, -0.05) is 0 Å². The number of anilines is 1. The van der Waals surface area contributed by atoms with Crippen LogP contribution in [0.1, 0.15) is 12.0 Å². The molecule has 1 aromatic heterocycles. The molecular weight excluding hydrogens is 400 g/mol. The molecule has 0 amide bonds. The van der Waals surface area contributed by atoms with Gasteiger partial charge in [0.05, 0.1) is 17.5 Å². The Morgan fingerprint density at radius 1 is 1.07 bits per heavy atom. The number of halogens is 2. The van der Waals surface area contributed by atoms with E-state index in [9.17, 15) is 17.2 Å². The molecule has 1 fully saturated rings. The standard InChI is InChI=1S/C20H21F2N3O3S/c1-28-15-3-5-16(6-4-15)29(26,27)25-13-18(20(21)22)17-12-14(2-7-19(17)25)24-10-8-23-9-11-24/h2-7,12-13,20,23H,8-11H2,1H3. The lowest BCUT2D eigenvalue weighted by Crippen LogP contribution is -2.43. The fourth-order valence-electron chi connectivity index (χ4n) is 3.57. The maximum Gasteiger partial charge on any atom is 0.268 e. The van der Waals surface area contributed by atoms with Gasteiger partial charge in [-0.05, 0) is 42.5 Å². The van der Waals surface area contributed by atoms with Crippen LogP contribution in [0.5, 0.6) is 5.75 Å². The van der Waals surface area contributed by atoms with Crippen molar-refractivity contribution in [1.82, 2.24) is 9.29 Å². The average molecular weight is 421 g/mol. The number of nitrogens with one attached hydrogen (secondary N) is 1. The summed E-state index contributed by atoms with van der Waals surface area (Å²) in [7, 11) is -2.56. The largest absolute Gasteiger partial charge is 0.497 e. The van der Waals surface area contributed by atoms with E-state index in [0.29, 0.717) is 5.75 Å². The van der Waals surface area contributed by atoms with E-state index in [1.807, 2.05) is 0 Å². The highest BCUT2D eigenvalue weighted by Crippen LogP contribution is 2.35. The Kier molecular flexibility index (Phi) is 5.18. The van der Waals surface area contributed by atoms with E-state index < -0.39 is 16.4 Å². The van der Waals surface area contributed by atoms with Crippen LogP contribution in [0.4, 0.5) is 14.5 Å². The van der Waals surface area contributed by atoms with Crippen LogP contribution in [0.2, 0.25) is 0 Å². The van der Waals surface area contributed by atoms with E-state index in [-0.39, 0.29) is 21.4 Å². The van der Waals surface area contributed by atoms with Crippen LogP contribution in [0.3, 0.4) is 0 Å². The minimum atomic E-state index is -4.04. The predicted molar refractivity (Wildman–Crippen MR) is 108 cm³/mol.